The minimum absolute atomic E-state index is 0.181. The first-order valence-corrected chi connectivity index (χ1v) is 6.08. The maximum atomic E-state index is 6.42. The molecule has 0 saturated carbocycles. The third-order valence-corrected chi connectivity index (χ3v) is 3.43. The Morgan fingerprint density at radius 3 is 2.44 bits per heavy atom. The van der Waals surface area contributed by atoms with E-state index in [0.29, 0.717) is 12.0 Å². The van der Waals surface area contributed by atoms with Crippen molar-refractivity contribution >= 4 is 0 Å². The van der Waals surface area contributed by atoms with Crippen LogP contribution in [0, 0.1) is 5.92 Å². The molecular formula is C12H24N4. The van der Waals surface area contributed by atoms with Gasteiger partial charge < -0.3 is 5.73 Å². The molecule has 0 aromatic carbocycles. The van der Waals surface area contributed by atoms with E-state index in [1.54, 1.807) is 6.33 Å². The van der Waals surface area contributed by atoms with Gasteiger partial charge in [-0.2, -0.15) is 5.10 Å². The molecule has 1 aromatic heterocycles. The quantitative estimate of drug-likeness (QED) is 0.834. The van der Waals surface area contributed by atoms with Crippen LogP contribution in [0.4, 0.5) is 0 Å². The van der Waals surface area contributed by atoms with Crippen molar-refractivity contribution in [1.82, 2.24) is 14.8 Å². The highest BCUT2D eigenvalue weighted by Crippen LogP contribution is 2.23. The molecule has 2 N–H and O–H groups in total. The molecule has 0 aliphatic rings. The Kier molecular flexibility index (Phi) is 4.08. The summed E-state index contributed by atoms with van der Waals surface area (Å²) in [5, 5.41) is 4.24. The van der Waals surface area contributed by atoms with Gasteiger partial charge in [0.05, 0.1) is 0 Å². The molecule has 0 fully saturated rings. The van der Waals surface area contributed by atoms with Crippen molar-refractivity contribution in [1.29, 1.82) is 0 Å². The summed E-state index contributed by atoms with van der Waals surface area (Å²) in [7, 11) is 0. The van der Waals surface area contributed by atoms with Gasteiger partial charge in [0.15, 0.2) is 0 Å². The molecule has 1 aromatic rings. The summed E-state index contributed by atoms with van der Waals surface area (Å²) in [4.78, 5) is 4.32. The fraction of sp³-hybridized carbons (Fsp3) is 0.833. The van der Waals surface area contributed by atoms with Crippen LogP contribution in [0.1, 0.15) is 52.9 Å². The molecule has 0 aliphatic carbocycles. The number of nitrogens with two attached hydrogens (primary N) is 1. The lowest BCUT2D eigenvalue weighted by molar-refractivity contribution is 0.284. The van der Waals surface area contributed by atoms with Crippen molar-refractivity contribution in [3.63, 3.8) is 0 Å². The highest BCUT2D eigenvalue weighted by molar-refractivity contribution is 4.99. The van der Waals surface area contributed by atoms with Crippen LogP contribution in [0.25, 0.3) is 0 Å². The van der Waals surface area contributed by atoms with Gasteiger partial charge in [-0.3, -0.25) is 0 Å². The molecule has 0 amide bonds. The first-order valence-electron chi connectivity index (χ1n) is 6.08. The smallest absolute Gasteiger partial charge is 0.138 e. The average molecular weight is 224 g/mol. The highest BCUT2D eigenvalue weighted by Gasteiger charge is 2.29. The van der Waals surface area contributed by atoms with Gasteiger partial charge in [0.1, 0.15) is 12.2 Å². The molecule has 16 heavy (non-hydrogen) atoms. The van der Waals surface area contributed by atoms with Crippen molar-refractivity contribution < 1.29 is 0 Å². The molecule has 0 bridgehead atoms. The SMILES string of the molecule is CCC(N)(Cc1ncnn1C(C)C)C(C)C. The zero-order chi connectivity index (χ0) is 12.3. The lowest BCUT2D eigenvalue weighted by Gasteiger charge is -2.32. The fourth-order valence-corrected chi connectivity index (χ4v) is 1.86. The van der Waals surface area contributed by atoms with Crippen LogP contribution in [0.5, 0.6) is 0 Å². The van der Waals surface area contributed by atoms with E-state index in [1.807, 2.05) is 4.68 Å². The molecule has 0 aliphatic heterocycles. The normalized spacial score (nSPS) is 15.8. The van der Waals surface area contributed by atoms with Gasteiger partial charge in [-0.15, -0.1) is 0 Å². The second-order valence-corrected chi connectivity index (χ2v) is 5.13. The fourth-order valence-electron chi connectivity index (χ4n) is 1.86. The lowest BCUT2D eigenvalue weighted by Crippen LogP contribution is -2.47. The Morgan fingerprint density at radius 2 is 2.00 bits per heavy atom. The van der Waals surface area contributed by atoms with Crippen LogP contribution in [-0.4, -0.2) is 20.3 Å². The second-order valence-electron chi connectivity index (χ2n) is 5.13. The summed E-state index contributed by atoms with van der Waals surface area (Å²) in [5.74, 6) is 1.43. The average Bonchev–Trinajstić information content (AvgIpc) is 2.65. The Labute approximate surface area is 98.2 Å². The zero-order valence-electron chi connectivity index (χ0n) is 11.1. The van der Waals surface area contributed by atoms with E-state index < -0.39 is 0 Å². The van der Waals surface area contributed by atoms with Crippen LogP contribution >= 0.6 is 0 Å². The number of aromatic nitrogens is 3. The Balaban J connectivity index is 2.90. The predicted molar refractivity (Wildman–Crippen MR) is 66.2 cm³/mol. The van der Waals surface area contributed by atoms with Crippen molar-refractivity contribution in [3.05, 3.63) is 12.2 Å². The minimum Gasteiger partial charge on any atom is -0.324 e. The van der Waals surface area contributed by atoms with Crippen molar-refractivity contribution in [2.24, 2.45) is 11.7 Å². The van der Waals surface area contributed by atoms with Gasteiger partial charge in [0.2, 0.25) is 0 Å². The standard InChI is InChI=1S/C12H24N4/c1-6-12(13,9(2)3)7-11-14-8-15-16(11)10(4)5/h8-10H,6-7,13H2,1-5H3. The first kappa shape index (κ1) is 13.2. The van der Waals surface area contributed by atoms with E-state index in [1.165, 1.54) is 0 Å². The molecule has 1 atom stereocenters. The van der Waals surface area contributed by atoms with E-state index >= 15 is 0 Å². The number of hydrogen-bond acceptors (Lipinski definition) is 3. The summed E-state index contributed by atoms with van der Waals surface area (Å²) < 4.78 is 1.96. The maximum absolute atomic E-state index is 6.42. The van der Waals surface area contributed by atoms with E-state index in [0.717, 1.165) is 18.7 Å². The zero-order valence-corrected chi connectivity index (χ0v) is 11.1. The Hall–Kier alpha value is -0.900. The van der Waals surface area contributed by atoms with Crippen LogP contribution in [-0.2, 0) is 6.42 Å². The van der Waals surface area contributed by atoms with Gasteiger partial charge in [-0.05, 0) is 26.2 Å². The molecule has 0 spiro atoms. The van der Waals surface area contributed by atoms with Crippen molar-refractivity contribution in [3.8, 4) is 0 Å². The predicted octanol–water partition coefficient (Wildman–Crippen LogP) is 2.16. The Bertz CT molecular complexity index is 330. The van der Waals surface area contributed by atoms with Crippen molar-refractivity contribution in [2.75, 3.05) is 0 Å². The number of nitrogens with zero attached hydrogens (tertiary/aromatic N) is 3. The van der Waals surface area contributed by atoms with Crippen LogP contribution in [0.2, 0.25) is 0 Å². The van der Waals surface area contributed by atoms with E-state index in [-0.39, 0.29) is 5.54 Å². The minimum atomic E-state index is -0.181. The summed E-state index contributed by atoms with van der Waals surface area (Å²) in [5.41, 5.74) is 6.24. The van der Waals surface area contributed by atoms with Gasteiger partial charge >= 0.3 is 0 Å². The monoisotopic (exact) mass is 224 g/mol. The molecule has 1 unspecified atom stereocenters. The van der Waals surface area contributed by atoms with Gasteiger partial charge in [0.25, 0.3) is 0 Å². The number of hydrogen-bond donors (Lipinski definition) is 1. The molecule has 92 valence electrons. The van der Waals surface area contributed by atoms with Gasteiger partial charge in [-0.25, -0.2) is 9.67 Å². The maximum Gasteiger partial charge on any atom is 0.138 e. The largest absolute Gasteiger partial charge is 0.324 e. The van der Waals surface area contributed by atoms with Gasteiger partial charge in [0, 0.05) is 18.0 Å². The van der Waals surface area contributed by atoms with E-state index in [4.69, 9.17) is 5.73 Å². The topological polar surface area (TPSA) is 56.7 Å². The summed E-state index contributed by atoms with van der Waals surface area (Å²) in [6.45, 7) is 10.7. The van der Waals surface area contributed by atoms with E-state index in [2.05, 4.69) is 44.7 Å². The van der Waals surface area contributed by atoms with Gasteiger partial charge in [-0.1, -0.05) is 20.8 Å². The number of rotatable bonds is 5. The van der Waals surface area contributed by atoms with Crippen LogP contribution < -0.4 is 5.73 Å². The summed E-state index contributed by atoms with van der Waals surface area (Å²) in [6, 6.07) is 0.339. The van der Waals surface area contributed by atoms with Crippen LogP contribution in [0.15, 0.2) is 6.33 Å². The molecule has 1 heterocycles. The van der Waals surface area contributed by atoms with Crippen LogP contribution in [0.3, 0.4) is 0 Å². The third kappa shape index (κ3) is 2.61. The lowest BCUT2D eigenvalue weighted by atomic mass is 9.82. The molecule has 1 rings (SSSR count). The van der Waals surface area contributed by atoms with E-state index in [9.17, 15) is 0 Å². The summed E-state index contributed by atoms with van der Waals surface area (Å²) in [6.07, 6.45) is 3.36. The summed E-state index contributed by atoms with van der Waals surface area (Å²) >= 11 is 0. The molecule has 4 heteroatoms. The third-order valence-electron chi connectivity index (χ3n) is 3.43. The van der Waals surface area contributed by atoms with Crippen molar-refractivity contribution in [2.45, 2.75) is 59.0 Å². The molecule has 0 saturated heterocycles. The highest BCUT2D eigenvalue weighted by atomic mass is 15.3. The first-order chi connectivity index (χ1) is 7.40. The second kappa shape index (κ2) is 4.95. The molecule has 4 nitrogen and oxygen atoms in total. The molecular weight excluding hydrogens is 200 g/mol. The Morgan fingerprint density at radius 1 is 1.38 bits per heavy atom. The molecule has 0 radical (unpaired) electrons.